The number of hydrogen-bond acceptors (Lipinski definition) is 3. The van der Waals surface area contributed by atoms with Gasteiger partial charge in [-0.3, -0.25) is 9.59 Å². The predicted octanol–water partition coefficient (Wildman–Crippen LogP) is 1.45. The summed E-state index contributed by atoms with van der Waals surface area (Å²) in [6.45, 7) is 5.20. The number of carbonyl (C=O) groups is 2. The molecule has 0 aromatic heterocycles. The van der Waals surface area contributed by atoms with Gasteiger partial charge in [0.1, 0.15) is 0 Å². The molecule has 0 N–H and O–H groups in total. The van der Waals surface area contributed by atoms with Gasteiger partial charge >= 0.3 is 0 Å². The van der Waals surface area contributed by atoms with Gasteiger partial charge in [-0.2, -0.15) is 0 Å². The lowest BCUT2D eigenvalue weighted by atomic mass is 10.0. The van der Waals surface area contributed by atoms with E-state index in [1.54, 1.807) is 7.11 Å². The zero-order valence-corrected chi connectivity index (χ0v) is 13.8. The van der Waals surface area contributed by atoms with Crippen LogP contribution in [0.15, 0.2) is 24.3 Å². The van der Waals surface area contributed by atoms with Gasteiger partial charge in [-0.05, 0) is 12.5 Å². The first kappa shape index (κ1) is 16.0. The van der Waals surface area contributed by atoms with E-state index in [4.69, 9.17) is 4.74 Å². The molecule has 124 valence electrons. The number of aryl methyl sites for hydroxylation is 1. The number of benzene rings is 1. The molecule has 2 saturated heterocycles. The first-order valence-corrected chi connectivity index (χ1v) is 8.19. The highest BCUT2D eigenvalue weighted by Gasteiger charge is 2.47. The van der Waals surface area contributed by atoms with E-state index in [1.807, 2.05) is 15.9 Å². The molecule has 3 rings (SSSR count). The molecule has 0 bridgehead atoms. The standard InChI is InChI=1S/C18H24N2O3/c1-13-4-3-5-14(8-13)9-20-11-15-10-19(12-16(15)18(20)22)17(21)6-7-23-2/h3-5,8,15-16H,6-7,9-12H2,1-2H3/t15-,16-/m0/s1. The lowest BCUT2D eigenvalue weighted by molar-refractivity contribution is -0.134. The minimum Gasteiger partial charge on any atom is -0.384 e. The lowest BCUT2D eigenvalue weighted by Gasteiger charge is -2.22. The molecule has 2 amide bonds. The smallest absolute Gasteiger partial charge is 0.228 e. The number of methoxy groups -OCH3 is 1. The lowest BCUT2D eigenvalue weighted by Crippen LogP contribution is -2.35. The van der Waals surface area contributed by atoms with Gasteiger partial charge in [0.25, 0.3) is 0 Å². The molecule has 2 heterocycles. The number of nitrogens with zero attached hydrogens (tertiary/aromatic N) is 2. The number of fused-ring (bicyclic) bond motifs is 1. The normalized spacial score (nSPS) is 23.5. The molecule has 5 heteroatoms. The molecule has 1 aromatic carbocycles. The number of carbonyl (C=O) groups excluding carboxylic acids is 2. The summed E-state index contributed by atoms with van der Waals surface area (Å²) in [5.74, 6) is 0.544. The fourth-order valence-electron chi connectivity index (χ4n) is 3.67. The molecule has 1 aromatic rings. The summed E-state index contributed by atoms with van der Waals surface area (Å²) in [5, 5.41) is 0. The Bertz CT molecular complexity index is 602. The summed E-state index contributed by atoms with van der Waals surface area (Å²) in [6.07, 6.45) is 0.400. The van der Waals surface area contributed by atoms with E-state index in [0.717, 1.165) is 6.54 Å². The van der Waals surface area contributed by atoms with E-state index in [9.17, 15) is 9.59 Å². The second-order valence-corrected chi connectivity index (χ2v) is 6.62. The van der Waals surface area contributed by atoms with Crippen LogP contribution >= 0.6 is 0 Å². The van der Waals surface area contributed by atoms with Crippen molar-refractivity contribution in [2.24, 2.45) is 11.8 Å². The van der Waals surface area contributed by atoms with Gasteiger partial charge < -0.3 is 14.5 Å². The Kier molecular flexibility index (Phi) is 4.66. The Morgan fingerprint density at radius 1 is 1.30 bits per heavy atom. The van der Waals surface area contributed by atoms with Crippen LogP contribution in [-0.4, -0.2) is 55.0 Å². The second-order valence-electron chi connectivity index (χ2n) is 6.62. The Labute approximate surface area is 137 Å². The van der Waals surface area contributed by atoms with Gasteiger partial charge in [-0.1, -0.05) is 29.8 Å². The van der Waals surface area contributed by atoms with Crippen LogP contribution in [0.2, 0.25) is 0 Å². The molecule has 2 atom stereocenters. The van der Waals surface area contributed by atoms with Crippen LogP contribution in [0.3, 0.4) is 0 Å². The highest BCUT2D eigenvalue weighted by atomic mass is 16.5. The molecule has 2 aliphatic rings. The first-order chi connectivity index (χ1) is 11.1. The van der Waals surface area contributed by atoms with Gasteiger partial charge in [0.2, 0.25) is 11.8 Å². The maximum atomic E-state index is 12.6. The third kappa shape index (κ3) is 3.39. The van der Waals surface area contributed by atoms with Crippen molar-refractivity contribution in [1.29, 1.82) is 0 Å². The van der Waals surface area contributed by atoms with Crippen LogP contribution in [0.5, 0.6) is 0 Å². The van der Waals surface area contributed by atoms with Crippen molar-refractivity contribution in [2.75, 3.05) is 33.4 Å². The van der Waals surface area contributed by atoms with Crippen LogP contribution in [0, 0.1) is 18.8 Å². The average Bonchev–Trinajstić information content (AvgIpc) is 3.06. The molecule has 0 spiro atoms. The van der Waals surface area contributed by atoms with Crippen molar-refractivity contribution in [1.82, 2.24) is 9.80 Å². The van der Waals surface area contributed by atoms with Crippen molar-refractivity contribution < 1.29 is 14.3 Å². The summed E-state index contributed by atoms with van der Waals surface area (Å²) in [4.78, 5) is 28.5. The first-order valence-electron chi connectivity index (χ1n) is 8.19. The molecule has 2 aliphatic heterocycles. The molecule has 23 heavy (non-hydrogen) atoms. The largest absolute Gasteiger partial charge is 0.384 e. The predicted molar refractivity (Wildman–Crippen MR) is 86.6 cm³/mol. The molecule has 0 saturated carbocycles. The number of likely N-dealkylation sites (tertiary alicyclic amines) is 2. The maximum absolute atomic E-state index is 12.6. The molecule has 0 radical (unpaired) electrons. The SMILES string of the molecule is COCCC(=O)N1C[C@H]2CN(Cc3cccc(C)c3)C(=O)[C@H]2C1. The number of hydrogen-bond donors (Lipinski definition) is 0. The minimum absolute atomic E-state index is 0.0219. The fourth-order valence-corrected chi connectivity index (χ4v) is 3.67. The van der Waals surface area contributed by atoms with E-state index >= 15 is 0 Å². The van der Waals surface area contributed by atoms with Crippen molar-refractivity contribution >= 4 is 11.8 Å². The van der Waals surface area contributed by atoms with Crippen molar-refractivity contribution in [3.8, 4) is 0 Å². The molecule has 0 aliphatic carbocycles. The van der Waals surface area contributed by atoms with Gasteiger partial charge in [-0.25, -0.2) is 0 Å². The number of amides is 2. The summed E-state index contributed by atoms with van der Waals surface area (Å²) in [7, 11) is 1.60. The van der Waals surface area contributed by atoms with E-state index in [2.05, 4.69) is 25.1 Å². The quantitative estimate of drug-likeness (QED) is 0.826. The van der Waals surface area contributed by atoms with E-state index < -0.39 is 0 Å². The molecule has 2 fully saturated rings. The summed E-state index contributed by atoms with van der Waals surface area (Å²) < 4.78 is 4.96. The summed E-state index contributed by atoms with van der Waals surface area (Å²) in [5.41, 5.74) is 2.38. The molecule has 5 nitrogen and oxygen atoms in total. The van der Waals surface area contributed by atoms with Crippen LogP contribution in [0.4, 0.5) is 0 Å². The van der Waals surface area contributed by atoms with Gasteiger partial charge in [0.05, 0.1) is 18.9 Å². The third-order valence-electron chi connectivity index (χ3n) is 4.85. The van der Waals surface area contributed by atoms with Gasteiger partial charge in [0.15, 0.2) is 0 Å². The average molecular weight is 316 g/mol. The molecule has 0 unspecified atom stereocenters. The Morgan fingerprint density at radius 2 is 2.13 bits per heavy atom. The maximum Gasteiger partial charge on any atom is 0.228 e. The summed E-state index contributed by atoms with van der Waals surface area (Å²) >= 11 is 0. The van der Waals surface area contributed by atoms with Gasteiger partial charge in [0, 0.05) is 39.2 Å². The zero-order chi connectivity index (χ0) is 16.4. The van der Waals surface area contributed by atoms with Crippen LogP contribution in [0.25, 0.3) is 0 Å². The highest BCUT2D eigenvalue weighted by molar-refractivity contribution is 5.84. The van der Waals surface area contributed by atoms with Crippen LogP contribution in [-0.2, 0) is 20.9 Å². The van der Waals surface area contributed by atoms with Crippen LogP contribution in [0.1, 0.15) is 17.5 Å². The Morgan fingerprint density at radius 3 is 2.83 bits per heavy atom. The second kappa shape index (κ2) is 6.71. The molecular weight excluding hydrogens is 292 g/mol. The zero-order valence-electron chi connectivity index (χ0n) is 13.8. The topological polar surface area (TPSA) is 49.9 Å². The summed E-state index contributed by atoms with van der Waals surface area (Å²) in [6, 6.07) is 8.28. The van der Waals surface area contributed by atoms with Gasteiger partial charge in [-0.15, -0.1) is 0 Å². The monoisotopic (exact) mass is 316 g/mol. The van der Waals surface area contributed by atoms with E-state index in [0.29, 0.717) is 32.7 Å². The Hall–Kier alpha value is -1.88. The van der Waals surface area contributed by atoms with Crippen LogP contribution < -0.4 is 0 Å². The van der Waals surface area contributed by atoms with Crippen molar-refractivity contribution in [3.63, 3.8) is 0 Å². The fraction of sp³-hybridized carbons (Fsp3) is 0.556. The van der Waals surface area contributed by atoms with E-state index in [1.165, 1.54) is 11.1 Å². The Balaban J connectivity index is 1.58. The third-order valence-corrected chi connectivity index (χ3v) is 4.85. The molecular formula is C18H24N2O3. The number of ether oxygens (including phenoxy) is 1. The number of rotatable bonds is 5. The highest BCUT2D eigenvalue weighted by Crippen LogP contribution is 2.33. The van der Waals surface area contributed by atoms with E-state index in [-0.39, 0.29) is 23.7 Å². The van der Waals surface area contributed by atoms with Crippen molar-refractivity contribution in [2.45, 2.75) is 19.9 Å². The minimum atomic E-state index is -0.0219. The van der Waals surface area contributed by atoms with Crippen molar-refractivity contribution in [3.05, 3.63) is 35.4 Å².